The number of para-hydroxylation sites is 1. The predicted molar refractivity (Wildman–Crippen MR) is 81.8 cm³/mol. The fourth-order valence-corrected chi connectivity index (χ4v) is 2.19. The second-order valence-electron chi connectivity index (χ2n) is 4.93. The van der Waals surface area contributed by atoms with E-state index in [9.17, 15) is 4.79 Å². The largest absolute Gasteiger partial charge is 0.490 e. The first-order valence-corrected chi connectivity index (χ1v) is 6.94. The number of aryl methyl sites for hydroxylation is 1. The van der Waals surface area contributed by atoms with Crippen LogP contribution < -0.4 is 4.74 Å². The molecule has 0 saturated carbocycles. The molecule has 2 rings (SSSR count). The number of carbonyl (C=O) groups is 1. The minimum atomic E-state index is -0.116. The maximum atomic E-state index is 12.7. The first kappa shape index (κ1) is 14.6. The molecule has 0 unspecified atom stereocenters. The lowest BCUT2D eigenvalue weighted by atomic mass is 10.0. The van der Waals surface area contributed by atoms with Crippen LogP contribution in [0.4, 0.5) is 0 Å². The predicted octanol–water partition coefficient (Wildman–Crippen LogP) is 4.67. The molecular formula is C17H17ClO2. The molecule has 0 aliphatic carbocycles. The second kappa shape index (κ2) is 6.10. The topological polar surface area (TPSA) is 26.3 Å². The first-order chi connectivity index (χ1) is 9.50. The van der Waals surface area contributed by atoms with E-state index in [1.807, 2.05) is 45.0 Å². The Balaban J connectivity index is 2.46. The van der Waals surface area contributed by atoms with Gasteiger partial charge in [-0.05, 0) is 44.5 Å². The van der Waals surface area contributed by atoms with Crippen molar-refractivity contribution in [1.82, 2.24) is 0 Å². The number of ether oxygens (including phenoxy) is 1. The summed E-state index contributed by atoms with van der Waals surface area (Å²) in [6, 6.07) is 12.7. The van der Waals surface area contributed by atoms with E-state index in [4.69, 9.17) is 16.3 Å². The monoisotopic (exact) mass is 288 g/mol. The lowest BCUT2D eigenvalue weighted by molar-refractivity contribution is 0.103. The minimum Gasteiger partial charge on any atom is -0.490 e. The number of hydrogen-bond donors (Lipinski definition) is 0. The molecule has 0 saturated heterocycles. The molecule has 0 heterocycles. The van der Waals surface area contributed by atoms with Gasteiger partial charge in [0.1, 0.15) is 5.75 Å². The van der Waals surface area contributed by atoms with Crippen LogP contribution in [0, 0.1) is 6.92 Å². The Morgan fingerprint density at radius 3 is 2.40 bits per heavy atom. The van der Waals surface area contributed by atoms with Gasteiger partial charge >= 0.3 is 0 Å². The quantitative estimate of drug-likeness (QED) is 0.765. The van der Waals surface area contributed by atoms with Crippen molar-refractivity contribution in [2.24, 2.45) is 0 Å². The molecule has 2 nitrogen and oxygen atoms in total. The van der Waals surface area contributed by atoms with Crippen LogP contribution in [0.3, 0.4) is 0 Å². The van der Waals surface area contributed by atoms with E-state index < -0.39 is 0 Å². The summed E-state index contributed by atoms with van der Waals surface area (Å²) in [5, 5.41) is 0.497. The lowest BCUT2D eigenvalue weighted by Gasteiger charge is -2.14. The molecule has 0 aliphatic rings. The molecule has 104 valence electrons. The van der Waals surface area contributed by atoms with Gasteiger partial charge < -0.3 is 4.74 Å². The molecule has 3 heteroatoms. The van der Waals surface area contributed by atoms with Crippen LogP contribution in [0.15, 0.2) is 42.5 Å². The van der Waals surface area contributed by atoms with Crippen molar-refractivity contribution < 1.29 is 9.53 Å². The van der Waals surface area contributed by atoms with Gasteiger partial charge in [0.15, 0.2) is 5.78 Å². The third-order valence-corrected chi connectivity index (χ3v) is 3.43. The maximum Gasteiger partial charge on any atom is 0.198 e. The van der Waals surface area contributed by atoms with E-state index in [1.54, 1.807) is 18.2 Å². The molecule has 0 atom stereocenters. The second-order valence-corrected chi connectivity index (χ2v) is 5.31. The highest BCUT2D eigenvalue weighted by atomic mass is 35.5. The summed E-state index contributed by atoms with van der Waals surface area (Å²) < 4.78 is 5.69. The number of rotatable bonds is 4. The van der Waals surface area contributed by atoms with Crippen LogP contribution in [0.1, 0.15) is 35.3 Å². The van der Waals surface area contributed by atoms with Crippen molar-refractivity contribution in [3.05, 3.63) is 64.2 Å². The Morgan fingerprint density at radius 2 is 1.70 bits per heavy atom. The van der Waals surface area contributed by atoms with Gasteiger partial charge in [-0.1, -0.05) is 35.9 Å². The average molecular weight is 289 g/mol. The zero-order valence-corrected chi connectivity index (χ0v) is 12.6. The van der Waals surface area contributed by atoms with Crippen molar-refractivity contribution in [1.29, 1.82) is 0 Å². The van der Waals surface area contributed by atoms with E-state index in [-0.39, 0.29) is 11.9 Å². The summed E-state index contributed by atoms with van der Waals surface area (Å²) in [6.07, 6.45) is 0.0110. The zero-order chi connectivity index (χ0) is 14.7. The zero-order valence-electron chi connectivity index (χ0n) is 11.8. The summed E-state index contributed by atoms with van der Waals surface area (Å²) in [4.78, 5) is 12.7. The molecule has 0 aromatic heterocycles. The Hall–Kier alpha value is -1.80. The fraction of sp³-hybridized carbons (Fsp3) is 0.235. The van der Waals surface area contributed by atoms with Gasteiger partial charge in [0.05, 0.1) is 16.7 Å². The number of benzene rings is 2. The van der Waals surface area contributed by atoms with Crippen molar-refractivity contribution >= 4 is 17.4 Å². The molecule has 0 amide bonds. The van der Waals surface area contributed by atoms with Crippen LogP contribution in [-0.2, 0) is 0 Å². The summed E-state index contributed by atoms with van der Waals surface area (Å²) >= 11 is 6.23. The molecule has 0 N–H and O–H groups in total. The third kappa shape index (κ3) is 3.02. The normalized spacial score (nSPS) is 10.7. The van der Waals surface area contributed by atoms with E-state index in [2.05, 4.69) is 0 Å². The van der Waals surface area contributed by atoms with Crippen LogP contribution in [0.25, 0.3) is 0 Å². The van der Waals surface area contributed by atoms with E-state index in [0.717, 1.165) is 5.56 Å². The molecule has 0 spiro atoms. The standard InChI is InChI=1S/C17H17ClO2/c1-11(2)20-15-10-5-4-8-13(15)17(19)14-9-6-7-12(3)16(14)18/h4-11H,1-3H3. The highest BCUT2D eigenvalue weighted by Crippen LogP contribution is 2.27. The lowest BCUT2D eigenvalue weighted by Crippen LogP contribution is -2.11. The molecule has 2 aromatic carbocycles. The molecule has 20 heavy (non-hydrogen) atoms. The van der Waals surface area contributed by atoms with Crippen molar-refractivity contribution in [3.63, 3.8) is 0 Å². The van der Waals surface area contributed by atoms with Gasteiger partial charge in [0, 0.05) is 5.56 Å². The van der Waals surface area contributed by atoms with Gasteiger partial charge in [-0.2, -0.15) is 0 Å². The first-order valence-electron chi connectivity index (χ1n) is 6.56. The molecule has 0 radical (unpaired) electrons. The van der Waals surface area contributed by atoms with E-state index in [0.29, 0.717) is 21.9 Å². The van der Waals surface area contributed by atoms with Gasteiger partial charge in [-0.15, -0.1) is 0 Å². The van der Waals surface area contributed by atoms with Crippen molar-refractivity contribution in [3.8, 4) is 5.75 Å². The fourth-order valence-electron chi connectivity index (χ4n) is 1.98. The summed E-state index contributed by atoms with van der Waals surface area (Å²) in [5.41, 5.74) is 1.93. The van der Waals surface area contributed by atoms with Gasteiger partial charge in [-0.25, -0.2) is 0 Å². The van der Waals surface area contributed by atoms with Gasteiger partial charge in [0.25, 0.3) is 0 Å². The van der Waals surface area contributed by atoms with Crippen LogP contribution in [-0.4, -0.2) is 11.9 Å². The Labute approximate surface area is 124 Å². The number of ketones is 1. The molecule has 0 fully saturated rings. The number of carbonyl (C=O) groups excluding carboxylic acids is 1. The SMILES string of the molecule is Cc1cccc(C(=O)c2ccccc2OC(C)C)c1Cl. The van der Waals surface area contributed by atoms with Crippen LogP contribution >= 0.6 is 11.6 Å². The average Bonchev–Trinajstić information content (AvgIpc) is 2.41. The van der Waals surface area contributed by atoms with Gasteiger partial charge in [-0.3, -0.25) is 4.79 Å². The smallest absolute Gasteiger partial charge is 0.198 e. The summed E-state index contributed by atoms with van der Waals surface area (Å²) in [5.74, 6) is 0.472. The molecule has 2 aromatic rings. The molecule has 0 aliphatic heterocycles. The minimum absolute atomic E-state index is 0.0110. The summed E-state index contributed by atoms with van der Waals surface area (Å²) in [7, 11) is 0. The van der Waals surface area contributed by atoms with E-state index >= 15 is 0 Å². The maximum absolute atomic E-state index is 12.7. The Bertz CT molecular complexity index is 633. The molecular weight excluding hydrogens is 272 g/mol. The van der Waals surface area contributed by atoms with Gasteiger partial charge in [0.2, 0.25) is 0 Å². The van der Waals surface area contributed by atoms with E-state index in [1.165, 1.54) is 0 Å². The highest BCUT2D eigenvalue weighted by Gasteiger charge is 2.18. The van der Waals surface area contributed by atoms with Crippen LogP contribution in [0.5, 0.6) is 5.75 Å². The van der Waals surface area contributed by atoms with Crippen molar-refractivity contribution in [2.45, 2.75) is 26.9 Å². The Kier molecular flexibility index (Phi) is 4.46. The van der Waals surface area contributed by atoms with Crippen molar-refractivity contribution in [2.75, 3.05) is 0 Å². The number of hydrogen-bond acceptors (Lipinski definition) is 2. The number of halogens is 1. The molecule has 0 bridgehead atoms. The third-order valence-electron chi connectivity index (χ3n) is 2.93. The Morgan fingerprint density at radius 1 is 1.05 bits per heavy atom. The summed E-state index contributed by atoms with van der Waals surface area (Å²) in [6.45, 7) is 5.75. The van der Waals surface area contributed by atoms with Crippen LogP contribution in [0.2, 0.25) is 5.02 Å². The highest BCUT2D eigenvalue weighted by molar-refractivity contribution is 6.35.